The van der Waals surface area contributed by atoms with Gasteiger partial charge in [0.1, 0.15) is 0 Å². The molecular weight excluding hydrogens is 258 g/mol. The summed E-state index contributed by atoms with van der Waals surface area (Å²) in [4.78, 5) is 28.1. The van der Waals surface area contributed by atoms with Crippen LogP contribution in [0.5, 0.6) is 0 Å². The van der Waals surface area contributed by atoms with E-state index < -0.39 is 0 Å². The molecule has 1 unspecified atom stereocenters. The van der Waals surface area contributed by atoms with Crippen LogP contribution in [-0.2, 0) is 17.7 Å². The highest BCUT2D eigenvalue weighted by molar-refractivity contribution is 5.04. The number of nitrogens with zero attached hydrogens (tertiary/aromatic N) is 2. The fraction of sp³-hybridized carbons (Fsp3) is 0.714. The Morgan fingerprint density at radius 2 is 2.20 bits per heavy atom. The summed E-state index contributed by atoms with van der Waals surface area (Å²) in [6, 6.07) is 0.472. The summed E-state index contributed by atoms with van der Waals surface area (Å²) in [6.45, 7) is 9.11. The third-order valence-corrected chi connectivity index (χ3v) is 3.77. The maximum absolute atomic E-state index is 11.8. The van der Waals surface area contributed by atoms with Crippen molar-refractivity contribution in [3.63, 3.8) is 0 Å². The first-order chi connectivity index (χ1) is 9.51. The molecule has 2 rings (SSSR count). The molecule has 1 aromatic heterocycles. The molecule has 112 valence electrons. The van der Waals surface area contributed by atoms with Gasteiger partial charge < -0.3 is 4.74 Å². The largest absolute Gasteiger partial charge is 0.374 e. The third kappa shape index (κ3) is 3.37. The van der Waals surface area contributed by atoms with Crippen molar-refractivity contribution < 1.29 is 4.74 Å². The standard InChI is InChI=1S/C14H23N3O3/c1-4-11-7-17(14(19)15-13(11)18)9-12-8-16(10(2)3)5-6-20-12/h7,10,12H,4-6,8-9H2,1-3H3,(H,15,18,19). The van der Waals surface area contributed by atoms with E-state index in [1.807, 2.05) is 6.92 Å². The zero-order valence-corrected chi connectivity index (χ0v) is 12.4. The first-order valence-electron chi connectivity index (χ1n) is 7.19. The van der Waals surface area contributed by atoms with Gasteiger partial charge in [-0.3, -0.25) is 19.2 Å². The van der Waals surface area contributed by atoms with Gasteiger partial charge in [0.25, 0.3) is 5.56 Å². The second-order valence-electron chi connectivity index (χ2n) is 5.50. The van der Waals surface area contributed by atoms with E-state index in [4.69, 9.17) is 4.74 Å². The number of aromatic nitrogens is 2. The van der Waals surface area contributed by atoms with Gasteiger partial charge in [-0.2, -0.15) is 0 Å². The molecule has 1 atom stereocenters. The van der Waals surface area contributed by atoms with Crippen LogP contribution in [-0.4, -0.2) is 46.3 Å². The SMILES string of the molecule is CCc1cn(CC2CN(C(C)C)CCO2)c(=O)[nH]c1=O. The molecule has 0 spiro atoms. The van der Waals surface area contributed by atoms with Gasteiger partial charge in [-0.05, 0) is 20.3 Å². The molecule has 6 nitrogen and oxygen atoms in total. The van der Waals surface area contributed by atoms with Gasteiger partial charge in [-0.1, -0.05) is 6.92 Å². The lowest BCUT2D eigenvalue weighted by atomic mass is 10.2. The van der Waals surface area contributed by atoms with Gasteiger partial charge in [0, 0.05) is 30.9 Å². The van der Waals surface area contributed by atoms with E-state index in [2.05, 4.69) is 23.7 Å². The van der Waals surface area contributed by atoms with Crippen molar-refractivity contribution in [2.75, 3.05) is 19.7 Å². The number of aryl methyl sites for hydroxylation is 1. The van der Waals surface area contributed by atoms with Crippen molar-refractivity contribution in [1.82, 2.24) is 14.5 Å². The predicted octanol–water partition coefficient (Wildman–Crippen LogP) is 0.208. The van der Waals surface area contributed by atoms with Gasteiger partial charge in [0.2, 0.25) is 0 Å². The van der Waals surface area contributed by atoms with Gasteiger partial charge in [-0.15, -0.1) is 0 Å². The van der Waals surface area contributed by atoms with E-state index in [9.17, 15) is 9.59 Å². The normalized spacial score (nSPS) is 20.5. The van der Waals surface area contributed by atoms with Crippen LogP contribution in [0.25, 0.3) is 0 Å². The van der Waals surface area contributed by atoms with Crippen LogP contribution in [0, 0.1) is 0 Å². The molecule has 6 heteroatoms. The number of nitrogens with one attached hydrogen (secondary N) is 1. The lowest BCUT2D eigenvalue weighted by Gasteiger charge is -2.35. The first kappa shape index (κ1) is 15.0. The van der Waals surface area contributed by atoms with Crippen LogP contribution < -0.4 is 11.2 Å². The summed E-state index contributed by atoms with van der Waals surface area (Å²) in [7, 11) is 0. The number of H-pyrrole nitrogens is 1. The Labute approximate surface area is 118 Å². The Morgan fingerprint density at radius 1 is 1.45 bits per heavy atom. The molecule has 0 amide bonds. The Hall–Kier alpha value is -1.40. The molecule has 1 N–H and O–H groups in total. The van der Waals surface area contributed by atoms with E-state index in [-0.39, 0.29) is 17.4 Å². The fourth-order valence-electron chi connectivity index (χ4n) is 2.48. The molecule has 0 aromatic carbocycles. The summed E-state index contributed by atoms with van der Waals surface area (Å²) >= 11 is 0. The smallest absolute Gasteiger partial charge is 0.328 e. The zero-order chi connectivity index (χ0) is 14.7. The lowest BCUT2D eigenvalue weighted by Crippen LogP contribution is -2.48. The molecule has 1 fully saturated rings. The minimum absolute atomic E-state index is 0.0144. The monoisotopic (exact) mass is 281 g/mol. The van der Waals surface area contributed by atoms with E-state index >= 15 is 0 Å². The molecule has 1 aromatic rings. The molecule has 1 saturated heterocycles. The Balaban J connectivity index is 2.13. The highest BCUT2D eigenvalue weighted by Crippen LogP contribution is 2.10. The van der Waals surface area contributed by atoms with Crippen LogP contribution in [0.15, 0.2) is 15.8 Å². The molecule has 0 saturated carbocycles. The molecule has 2 heterocycles. The Morgan fingerprint density at radius 3 is 2.85 bits per heavy atom. The fourth-order valence-corrected chi connectivity index (χ4v) is 2.48. The minimum Gasteiger partial charge on any atom is -0.374 e. The van der Waals surface area contributed by atoms with Crippen LogP contribution >= 0.6 is 0 Å². The van der Waals surface area contributed by atoms with Crippen LogP contribution in [0.3, 0.4) is 0 Å². The lowest BCUT2D eigenvalue weighted by molar-refractivity contribution is -0.0461. The van der Waals surface area contributed by atoms with E-state index in [1.54, 1.807) is 10.8 Å². The second-order valence-corrected chi connectivity index (χ2v) is 5.50. The maximum Gasteiger partial charge on any atom is 0.328 e. The van der Waals surface area contributed by atoms with Crippen molar-refractivity contribution in [2.45, 2.75) is 45.9 Å². The van der Waals surface area contributed by atoms with Crippen LogP contribution in [0.2, 0.25) is 0 Å². The summed E-state index contributed by atoms with van der Waals surface area (Å²) in [5, 5.41) is 0. The summed E-state index contributed by atoms with van der Waals surface area (Å²) in [5.41, 5.74) is -0.0271. The summed E-state index contributed by atoms with van der Waals surface area (Å²) in [5.74, 6) is 0. The van der Waals surface area contributed by atoms with Crippen molar-refractivity contribution in [3.8, 4) is 0 Å². The van der Waals surface area contributed by atoms with Gasteiger partial charge in [-0.25, -0.2) is 4.79 Å². The molecule has 20 heavy (non-hydrogen) atoms. The van der Waals surface area contributed by atoms with Crippen LogP contribution in [0.1, 0.15) is 26.3 Å². The van der Waals surface area contributed by atoms with Gasteiger partial charge >= 0.3 is 5.69 Å². The topological polar surface area (TPSA) is 67.3 Å². The van der Waals surface area contributed by atoms with Crippen molar-refractivity contribution >= 4 is 0 Å². The number of morpholine rings is 1. The van der Waals surface area contributed by atoms with E-state index in [0.29, 0.717) is 31.2 Å². The maximum atomic E-state index is 11.8. The van der Waals surface area contributed by atoms with Gasteiger partial charge in [0.15, 0.2) is 0 Å². The number of aromatic amines is 1. The molecule has 0 aliphatic carbocycles. The number of rotatable bonds is 4. The summed E-state index contributed by atoms with van der Waals surface area (Å²) < 4.78 is 7.28. The van der Waals surface area contributed by atoms with Crippen LogP contribution in [0.4, 0.5) is 0 Å². The Bertz CT molecular complexity index is 562. The number of hydrogen-bond acceptors (Lipinski definition) is 4. The zero-order valence-electron chi connectivity index (χ0n) is 12.4. The second kappa shape index (κ2) is 6.37. The highest BCUT2D eigenvalue weighted by atomic mass is 16.5. The van der Waals surface area contributed by atoms with Gasteiger partial charge in [0.05, 0.1) is 19.3 Å². The van der Waals surface area contributed by atoms with E-state index in [0.717, 1.165) is 13.1 Å². The quantitative estimate of drug-likeness (QED) is 0.856. The molecule has 1 aliphatic heterocycles. The highest BCUT2D eigenvalue weighted by Gasteiger charge is 2.23. The third-order valence-electron chi connectivity index (χ3n) is 3.77. The molecule has 1 aliphatic rings. The predicted molar refractivity (Wildman–Crippen MR) is 77.1 cm³/mol. The Kier molecular flexibility index (Phi) is 4.77. The first-order valence-corrected chi connectivity index (χ1v) is 7.19. The molecule has 0 radical (unpaired) electrons. The average Bonchev–Trinajstić information content (AvgIpc) is 2.42. The number of hydrogen-bond donors (Lipinski definition) is 1. The van der Waals surface area contributed by atoms with Crippen molar-refractivity contribution in [3.05, 3.63) is 32.6 Å². The van der Waals surface area contributed by atoms with Crippen molar-refractivity contribution in [1.29, 1.82) is 0 Å². The van der Waals surface area contributed by atoms with Crippen molar-refractivity contribution in [2.24, 2.45) is 0 Å². The molecule has 0 bridgehead atoms. The molecular formula is C14H23N3O3. The average molecular weight is 281 g/mol. The van der Waals surface area contributed by atoms with E-state index in [1.165, 1.54) is 0 Å². The summed E-state index contributed by atoms with van der Waals surface area (Å²) in [6.07, 6.45) is 2.25. The minimum atomic E-state index is -0.363. The number of ether oxygens (including phenoxy) is 1.